The second-order valence-electron chi connectivity index (χ2n) is 3.64. The molecule has 1 rings (SSSR count). The minimum Gasteiger partial charge on any atom is -0.504 e. The van der Waals surface area contributed by atoms with Crippen molar-refractivity contribution in [2.24, 2.45) is 0 Å². The monoisotopic (exact) mass is 264 g/mol. The van der Waals surface area contributed by atoms with Crippen LogP contribution in [0.4, 0.5) is 13.2 Å². The van der Waals surface area contributed by atoms with Crippen LogP contribution < -0.4 is 4.74 Å². The Balaban J connectivity index is 3.55. The van der Waals surface area contributed by atoms with Crippen LogP contribution in [0.25, 0.3) is 0 Å². The summed E-state index contributed by atoms with van der Waals surface area (Å²) >= 11 is 0. The molecular formula is C11H11F3O4. The van der Waals surface area contributed by atoms with Gasteiger partial charge in [-0.2, -0.15) is 13.2 Å². The zero-order valence-electron chi connectivity index (χ0n) is 9.58. The lowest BCUT2D eigenvalue weighted by molar-refractivity contribution is -0.141. The van der Waals surface area contributed by atoms with Gasteiger partial charge in [0.2, 0.25) is 0 Å². The lowest BCUT2D eigenvalue weighted by Gasteiger charge is -2.18. The molecule has 4 nitrogen and oxygen atoms in total. The number of carboxylic acid groups (broad SMARTS) is 1. The zero-order valence-corrected chi connectivity index (χ0v) is 9.58. The van der Waals surface area contributed by atoms with Crippen molar-refractivity contribution < 1.29 is 32.9 Å². The maximum Gasteiger partial charge on any atom is 0.416 e. The molecule has 0 aromatic heterocycles. The van der Waals surface area contributed by atoms with Crippen LogP contribution in [0.2, 0.25) is 0 Å². The van der Waals surface area contributed by atoms with E-state index in [1.807, 2.05) is 0 Å². The van der Waals surface area contributed by atoms with Gasteiger partial charge in [-0.3, -0.25) is 4.79 Å². The summed E-state index contributed by atoms with van der Waals surface area (Å²) in [6.07, 6.45) is -4.75. The van der Waals surface area contributed by atoms with Crippen molar-refractivity contribution in [1.82, 2.24) is 0 Å². The Bertz CT molecular complexity index is 468. The number of alkyl halides is 3. The highest BCUT2D eigenvalue weighted by atomic mass is 19.4. The van der Waals surface area contributed by atoms with E-state index in [1.165, 1.54) is 0 Å². The number of aromatic hydroxyl groups is 1. The lowest BCUT2D eigenvalue weighted by atomic mass is 9.94. The summed E-state index contributed by atoms with van der Waals surface area (Å²) in [4.78, 5) is 10.8. The number of aliphatic carboxylic acids is 1. The Kier molecular flexibility index (Phi) is 3.73. The lowest BCUT2D eigenvalue weighted by Crippen LogP contribution is -2.16. The summed E-state index contributed by atoms with van der Waals surface area (Å²) in [7, 11) is 1.16. The van der Waals surface area contributed by atoms with Gasteiger partial charge in [-0.25, -0.2) is 0 Å². The van der Waals surface area contributed by atoms with Gasteiger partial charge < -0.3 is 14.9 Å². The van der Waals surface area contributed by atoms with E-state index in [0.29, 0.717) is 6.07 Å². The van der Waals surface area contributed by atoms with Crippen LogP contribution in [0.5, 0.6) is 11.5 Å². The fourth-order valence-electron chi connectivity index (χ4n) is 1.56. The first-order chi connectivity index (χ1) is 8.20. The molecule has 1 aromatic rings. The quantitative estimate of drug-likeness (QED) is 0.880. The molecule has 1 aromatic carbocycles. The first kappa shape index (κ1) is 14.1. The molecule has 1 atom stereocenters. The van der Waals surface area contributed by atoms with Gasteiger partial charge in [0.25, 0.3) is 0 Å². The number of hydrogen-bond donors (Lipinski definition) is 2. The van der Waals surface area contributed by atoms with Crippen LogP contribution in [0.15, 0.2) is 12.1 Å². The van der Waals surface area contributed by atoms with Gasteiger partial charge >= 0.3 is 12.1 Å². The van der Waals surface area contributed by atoms with E-state index in [4.69, 9.17) is 5.11 Å². The molecule has 100 valence electrons. The Morgan fingerprint density at radius 3 is 2.33 bits per heavy atom. The fourth-order valence-corrected chi connectivity index (χ4v) is 1.56. The molecule has 1 unspecified atom stereocenters. The molecule has 0 heterocycles. The second-order valence-corrected chi connectivity index (χ2v) is 3.64. The number of phenols is 1. The van der Waals surface area contributed by atoms with E-state index >= 15 is 0 Å². The third kappa shape index (κ3) is 2.49. The van der Waals surface area contributed by atoms with Gasteiger partial charge in [0, 0.05) is 5.56 Å². The summed E-state index contributed by atoms with van der Waals surface area (Å²) in [5.41, 5.74) is -1.88. The van der Waals surface area contributed by atoms with Gasteiger partial charge in [-0.05, 0) is 19.1 Å². The summed E-state index contributed by atoms with van der Waals surface area (Å²) < 4.78 is 42.9. The number of benzene rings is 1. The Hall–Kier alpha value is -1.92. The normalized spacial score (nSPS) is 13.2. The molecule has 0 amide bonds. The van der Waals surface area contributed by atoms with Crippen LogP contribution in [0, 0.1) is 0 Å². The average molecular weight is 264 g/mol. The van der Waals surface area contributed by atoms with E-state index in [0.717, 1.165) is 20.1 Å². The molecule has 0 bridgehead atoms. The molecule has 0 spiro atoms. The first-order valence-electron chi connectivity index (χ1n) is 4.90. The summed E-state index contributed by atoms with van der Waals surface area (Å²) in [5, 5.41) is 18.5. The highest BCUT2D eigenvalue weighted by Crippen LogP contribution is 2.43. The number of hydrogen-bond acceptors (Lipinski definition) is 3. The van der Waals surface area contributed by atoms with Crippen LogP contribution in [-0.4, -0.2) is 23.3 Å². The van der Waals surface area contributed by atoms with Gasteiger partial charge in [0.1, 0.15) is 0 Å². The molecule has 0 radical (unpaired) electrons. The van der Waals surface area contributed by atoms with Crippen molar-refractivity contribution >= 4 is 5.97 Å². The Morgan fingerprint density at radius 2 is 1.94 bits per heavy atom. The predicted octanol–water partition coefficient (Wildman–Crippen LogP) is 2.61. The average Bonchev–Trinajstić information content (AvgIpc) is 2.26. The Labute approximate surface area is 101 Å². The largest absolute Gasteiger partial charge is 0.504 e. The molecular weight excluding hydrogens is 253 g/mol. The minimum atomic E-state index is -4.75. The molecule has 2 N–H and O–H groups in total. The van der Waals surface area contributed by atoms with Crippen molar-refractivity contribution in [3.63, 3.8) is 0 Å². The minimum absolute atomic E-state index is 0.203. The van der Waals surface area contributed by atoms with Crippen molar-refractivity contribution in [2.45, 2.75) is 19.0 Å². The van der Waals surface area contributed by atoms with Crippen molar-refractivity contribution in [3.8, 4) is 11.5 Å². The van der Waals surface area contributed by atoms with Crippen molar-refractivity contribution in [2.75, 3.05) is 7.11 Å². The number of carbonyl (C=O) groups is 1. The summed E-state index contributed by atoms with van der Waals surface area (Å²) in [6.45, 7) is 1.06. The van der Waals surface area contributed by atoms with E-state index in [9.17, 15) is 23.1 Å². The third-order valence-electron chi connectivity index (χ3n) is 2.51. The van der Waals surface area contributed by atoms with Gasteiger partial charge in [-0.15, -0.1) is 0 Å². The molecule has 0 saturated heterocycles. The maximum absolute atomic E-state index is 12.7. The van der Waals surface area contributed by atoms with E-state index in [-0.39, 0.29) is 5.75 Å². The van der Waals surface area contributed by atoms with Gasteiger partial charge in [-0.1, -0.05) is 0 Å². The topological polar surface area (TPSA) is 66.8 Å². The van der Waals surface area contributed by atoms with Gasteiger partial charge in [0.05, 0.1) is 18.6 Å². The number of carboxylic acids is 1. The maximum atomic E-state index is 12.7. The van der Waals surface area contributed by atoms with Crippen LogP contribution in [0.1, 0.15) is 24.0 Å². The standard InChI is InChI=1S/C11H11F3O4/c1-5(10(16)17)8-6(11(12,13)14)3-4-7(18-2)9(8)15/h3-5,15H,1-2H3,(H,16,17). The molecule has 18 heavy (non-hydrogen) atoms. The highest BCUT2D eigenvalue weighted by molar-refractivity contribution is 5.78. The van der Waals surface area contributed by atoms with E-state index in [1.54, 1.807) is 0 Å². The SMILES string of the molecule is COc1ccc(C(F)(F)F)c(C(C)C(=O)O)c1O. The molecule has 0 aliphatic rings. The molecule has 0 aliphatic carbocycles. The molecule has 0 aliphatic heterocycles. The number of phenolic OH excluding ortho intramolecular Hbond substituents is 1. The van der Waals surface area contributed by atoms with E-state index in [2.05, 4.69) is 4.74 Å². The molecule has 0 fully saturated rings. The van der Waals surface area contributed by atoms with Crippen molar-refractivity contribution in [1.29, 1.82) is 0 Å². The van der Waals surface area contributed by atoms with Crippen LogP contribution in [-0.2, 0) is 11.0 Å². The fraction of sp³-hybridized carbons (Fsp3) is 0.364. The van der Waals surface area contributed by atoms with Crippen LogP contribution in [0.3, 0.4) is 0 Å². The first-order valence-corrected chi connectivity index (χ1v) is 4.90. The summed E-state index contributed by atoms with van der Waals surface area (Å²) in [6, 6.07) is 1.63. The number of methoxy groups -OCH3 is 1. The predicted molar refractivity (Wildman–Crippen MR) is 55.7 cm³/mol. The summed E-state index contributed by atoms with van der Waals surface area (Å²) in [5.74, 6) is -3.98. The van der Waals surface area contributed by atoms with Crippen molar-refractivity contribution in [3.05, 3.63) is 23.3 Å². The molecule has 7 heteroatoms. The third-order valence-corrected chi connectivity index (χ3v) is 2.51. The Morgan fingerprint density at radius 1 is 1.39 bits per heavy atom. The molecule has 0 saturated carbocycles. The smallest absolute Gasteiger partial charge is 0.416 e. The second kappa shape index (κ2) is 4.75. The van der Waals surface area contributed by atoms with Gasteiger partial charge in [0.15, 0.2) is 11.5 Å². The van der Waals surface area contributed by atoms with Crippen LogP contribution >= 0.6 is 0 Å². The zero-order chi connectivity index (χ0) is 14.1. The number of rotatable bonds is 3. The van der Waals surface area contributed by atoms with E-state index < -0.39 is 34.9 Å². The highest BCUT2D eigenvalue weighted by Gasteiger charge is 2.38. The number of halogens is 3. The number of ether oxygens (including phenoxy) is 1.